The number of carbonyl (C=O) groups excluding carboxylic acids is 2. The van der Waals surface area contributed by atoms with E-state index in [1.165, 1.54) is 28.7 Å². The highest BCUT2D eigenvalue weighted by molar-refractivity contribution is 8.00. The average Bonchev–Trinajstić information content (AvgIpc) is 3.36. The molecule has 0 spiro atoms. The molecule has 0 fully saturated rings. The van der Waals surface area contributed by atoms with Crippen LogP contribution >= 0.6 is 23.1 Å². The number of thiophene rings is 1. The number of amides is 1. The van der Waals surface area contributed by atoms with Crippen molar-refractivity contribution in [1.82, 2.24) is 20.1 Å². The van der Waals surface area contributed by atoms with Crippen LogP contribution in [0.1, 0.15) is 40.2 Å². The van der Waals surface area contributed by atoms with E-state index in [0.717, 1.165) is 36.5 Å². The number of rotatable bonds is 8. The highest BCUT2D eigenvalue weighted by Crippen LogP contribution is 2.38. The summed E-state index contributed by atoms with van der Waals surface area (Å²) >= 11 is 2.63. The Kier molecular flexibility index (Phi) is 7.31. The minimum atomic E-state index is -0.482. The lowest BCUT2D eigenvalue weighted by Crippen LogP contribution is -2.30. The van der Waals surface area contributed by atoms with Crippen molar-refractivity contribution in [2.24, 2.45) is 0 Å². The third-order valence-electron chi connectivity index (χ3n) is 5.23. The summed E-state index contributed by atoms with van der Waals surface area (Å²) in [5.74, 6) is -0.446. The van der Waals surface area contributed by atoms with Gasteiger partial charge in [0.1, 0.15) is 5.00 Å². The standard InChI is InChI=1S/C22H26N6O3S2/c1-3-31-20(30)17-15-9-10-28(11-14-7-5-4-6-8-14)12-16(15)33-19(17)24-18(29)13(2)32-22-25-21(23)26-27-22/h4-8,13H,3,9-12H2,1-2H3,(H,24,29)(H3,23,25,26,27)/t13-/m1/s1. The second-order valence-electron chi connectivity index (χ2n) is 7.63. The fraction of sp³-hybridized carbons (Fsp3) is 0.364. The first-order valence-corrected chi connectivity index (χ1v) is 12.4. The van der Waals surface area contributed by atoms with Crippen LogP contribution in [0.25, 0.3) is 0 Å². The topological polar surface area (TPSA) is 126 Å². The van der Waals surface area contributed by atoms with Crippen LogP contribution in [0.3, 0.4) is 0 Å². The summed E-state index contributed by atoms with van der Waals surface area (Å²) in [7, 11) is 0. The summed E-state index contributed by atoms with van der Waals surface area (Å²) in [5.41, 5.74) is 8.25. The zero-order chi connectivity index (χ0) is 23.4. The molecule has 11 heteroatoms. The summed E-state index contributed by atoms with van der Waals surface area (Å²) in [6.45, 7) is 6.19. The molecule has 174 valence electrons. The number of nitrogens with one attached hydrogen (secondary N) is 2. The largest absolute Gasteiger partial charge is 0.462 e. The second kappa shape index (κ2) is 10.4. The van der Waals surface area contributed by atoms with Gasteiger partial charge in [-0.25, -0.2) is 9.89 Å². The number of aromatic nitrogens is 3. The average molecular weight is 487 g/mol. The Morgan fingerprint density at radius 2 is 2.15 bits per heavy atom. The monoisotopic (exact) mass is 486 g/mol. The zero-order valence-electron chi connectivity index (χ0n) is 18.5. The summed E-state index contributed by atoms with van der Waals surface area (Å²) in [6.07, 6.45) is 0.726. The highest BCUT2D eigenvalue weighted by Gasteiger charge is 2.30. The number of benzene rings is 1. The SMILES string of the molecule is CCOC(=O)c1c(NC(=O)[C@@H](C)Sc2n[nH]c(N)n2)sc2c1CCN(Cc1ccccc1)C2. The smallest absolute Gasteiger partial charge is 0.341 e. The van der Waals surface area contributed by atoms with Gasteiger partial charge in [-0.3, -0.25) is 9.69 Å². The number of anilines is 2. The van der Waals surface area contributed by atoms with Crippen molar-refractivity contribution in [1.29, 1.82) is 0 Å². The van der Waals surface area contributed by atoms with Crippen LogP contribution in [0.5, 0.6) is 0 Å². The van der Waals surface area contributed by atoms with E-state index in [9.17, 15) is 9.59 Å². The van der Waals surface area contributed by atoms with Crippen molar-refractivity contribution in [3.05, 3.63) is 51.9 Å². The fourth-order valence-corrected chi connectivity index (χ4v) is 5.69. The number of carbonyl (C=O) groups is 2. The van der Waals surface area contributed by atoms with Crippen LogP contribution in [-0.4, -0.2) is 50.4 Å². The molecule has 4 N–H and O–H groups in total. The molecular formula is C22H26N6O3S2. The van der Waals surface area contributed by atoms with Gasteiger partial charge in [0.2, 0.25) is 17.0 Å². The lowest BCUT2D eigenvalue weighted by Gasteiger charge is -2.27. The molecule has 4 rings (SSSR count). The van der Waals surface area contributed by atoms with Gasteiger partial charge in [0.25, 0.3) is 0 Å². The van der Waals surface area contributed by atoms with Crippen molar-refractivity contribution in [3.63, 3.8) is 0 Å². The number of H-pyrrole nitrogens is 1. The number of hydrogen-bond acceptors (Lipinski definition) is 9. The first kappa shape index (κ1) is 23.3. The van der Waals surface area contributed by atoms with E-state index in [-0.39, 0.29) is 18.5 Å². The molecule has 9 nitrogen and oxygen atoms in total. The third kappa shape index (κ3) is 5.55. The van der Waals surface area contributed by atoms with E-state index in [0.29, 0.717) is 15.7 Å². The molecule has 0 saturated carbocycles. The van der Waals surface area contributed by atoms with Crippen molar-refractivity contribution in [2.45, 2.75) is 43.8 Å². The molecule has 1 aliphatic rings. The Morgan fingerprint density at radius 1 is 1.36 bits per heavy atom. The van der Waals surface area contributed by atoms with E-state index < -0.39 is 11.2 Å². The molecule has 33 heavy (non-hydrogen) atoms. The lowest BCUT2D eigenvalue weighted by molar-refractivity contribution is -0.115. The summed E-state index contributed by atoms with van der Waals surface area (Å²) in [4.78, 5) is 33.1. The van der Waals surface area contributed by atoms with Crippen molar-refractivity contribution >= 4 is 45.9 Å². The number of hydrogen-bond donors (Lipinski definition) is 3. The lowest BCUT2D eigenvalue weighted by atomic mass is 10.0. The maximum Gasteiger partial charge on any atom is 0.341 e. The summed E-state index contributed by atoms with van der Waals surface area (Å²) in [5, 5.41) is 9.90. The second-order valence-corrected chi connectivity index (χ2v) is 10.0. The molecule has 0 aliphatic carbocycles. The molecule has 0 saturated heterocycles. The molecule has 0 bridgehead atoms. The first-order valence-electron chi connectivity index (χ1n) is 10.7. The maximum absolute atomic E-state index is 12.9. The van der Waals surface area contributed by atoms with Crippen LogP contribution in [0.2, 0.25) is 0 Å². The van der Waals surface area contributed by atoms with Crippen LogP contribution in [0.15, 0.2) is 35.5 Å². The van der Waals surface area contributed by atoms with Gasteiger partial charge in [0.05, 0.1) is 17.4 Å². The predicted molar refractivity (Wildman–Crippen MR) is 129 cm³/mol. The Labute approximate surface area is 200 Å². The molecule has 3 heterocycles. The molecule has 1 atom stereocenters. The number of nitrogens with zero attached hydrogens (tertiary/aromatic N) is 3. The van der Waals surface area contributed by atoms with E-state index >= 15 is 0 Å². The molecule has 3 aromatic rings. The normalized spacial score (nSPS) is 14.5. The van der Waals surface area contributed by atoms with Gasteiger partial charge in [0.15, 0.2) is 0 Å². The number of aromatic amines is 1. The number of nitrogen functional groups attached to an aromatic ring is 1. The Hall–Kier alpha value is -2.89. The Bertz CT molecular complexity index is 1130. The molecule has 1 aliphatic heterocycles. The summed E-state index contributed by atoms with van der Waals surface area (Å²) in [6, 6.07) is 10.3. The van der Waals surface area contributed by atoms with Crippen molar-refractivity contribution in [3.8, 4) is 0 Å². The van der Waals surface area contributed by atoms with Gasteiger partial charge >= 0.3 is 5.97 Å². The Balaban J connectivity index is 1.52. The molecule has 1 amide bonds. The Morgan fingerprint density at radius 3 is 2.85 bits per heavy atom. The summed E-state index contributed by atoms with van der Waals surface area (Å²) < 4.78 is 5.32. The zero-order valence-corrected chi connectivity index (χ0v) is 20.1. The predicted octanol–water partition coefficient (Wildman–Crippen LogP) is 3.30. The van der Waals surface area contributed by atoms with Gasteiger partial charge in [-0.2, -0.15) is 4.98 Å². The van der Waals surface area contributed by atoms with Crippen LogP contribution < -0.4 is 11.1 Å². The van der Waals surface area contributed by atoms with Gasteiger partial charge < -0.3 is 15.8 Å². The van der Waals surface area contributed by atoms with Crippen LogP contribution in [-0.2, 0) is 29.0 Å². The molecule has 1 aromatic carbocycles. The first-order chi connectivity index (χ1) is 15.9. The van der Waals surface area contributed by atoms with E-state index in [4.69, 9.17) is 10.5 Å². The minimum absolute atomic E-state index is 0.195. The van der Waals surface area contributed by atoms with Crippen molar-refractivity contribution < 1.29 is 14.3 Å². The third-order valence-corrected chi connectivity index (χ3v) is 7.33. The van der Waals surface area contributed by atoms with Crippen LogP contribution in [0, 0.1) is 0 Å². The van der Waals surface area contributed by atoms with E-state index in [1.807, 2.05) is 18.2 Å². The van der Waals surface area contributed by atoms with Gasteiger partial charge in [-0.1, -0.05) is 42.1 Å². The molecule has 0 radical (unpaired) electrons. The quantitative estimate of drug-likeness (QED) is 0.327. The maximum atomic E-state index is 12.9. The number of esters is 1. The van der Waals surface area contributed by atoms with Crippen LogP contribution in [0.4, 0.5) is 10.9 Å². The number of nitrogens with two attached hydrogens (primary N) is 1. The molecule has 2 aromatic heterocycles. The fourth-order valence-electron chi connectivity index (χ4n) is 3.68. The van der Waals surface area contributed by atoms with Crippen molar-refractivity contribution in [2.75, 3.05) is 24.2 Å². The number of fused-ring (bicyclic) bond motifs is 1. The molecule has 0 unspecified atom stereocenters. The number of ether oxygens (including phenoxy) is 1. The van der Waals surface area contributed by atoms with Gasteiger partial charge in [0, 0.05) is 24.5 Å². The van der Waals surface area contributed by atoms with E-state index in [1.54, 1.807) is 13.8 Å². The molecular weight excluding hydrogens is 460 g/mol. The number of thioether (sulfide) groups is 1. The van der Waals surface area contributed by atoms with E-state index in [2.05, 4.69) is 37.5 Å². The minimum Gasteiger partial charge on any atom is -0.462 e. The van der Waals surface area contributed by atoms with Gasteiger partial charge in [-0.05, 0) is 31.4 Å². The van der Waals surface area contributed by atoms with Gasteiger partial charge in [-0.15, -0.1) is 16.4 Å². The highest BCUT2D eigenvalue weighted by atomic mass is 32.2.